The molecule has 0 saturated carbocycles. The SMILES string of the molecule is COc1cccc(C=O)c1N1CCC(Oc2ccc(Cl)cc2)CC1. The molecular formula is C19H20ClNO3. The molecule has 1 aliphatic heterocycles. The molecule has 0 aromatic heterocycles. The predicted molar refractivity (Wildman–Crippen MR) is 95.7 cm³/mol. The monoisotopic (exact) mass is 345 g/mol. The van der Waals surface area contributed by atoms with E-state index in [-0.39, 0.29) is 6.10 Å². The third-order valence-electron chi connectivity index (χ3n) is 4.25. The van der Waals surface area contributed by atoms with Crippen molar-refractivity contribution in [2.24, 2.45) is 0 Å². The Morgan fingerprint density at radius 3 is 2.46 bits per heavy atom. The summed E-state index contributed by atoms with van der Waals surface area (Å²) < 4.78 is 11.5. The number of aldehydes is 1. The molecule has 24 heavy (non-hydrogen) atoms. The summed E-state index contributed by atoms with van der Waals surface area (Å²) in [6, 6.07) is 13.0. The number of halogens is 1. The summed E-state index contributed by atoms with van der Waals surface area (Å²) in [4.78, 5) is 13.6. The quantitative estimate of drug-likeness (QED) is 0.761. The molecule has 1 heterocycles. The minimum atomic E-state index is 0.164. The molecule has 126 valence electrons. The third-order valence-corrected chi connectivity index (χ3v) is 4.50. The first-order valence-electron chi connectivity index (χ1n) is 8.00. The fourth-order valence-corrected chi connectivity index (χ4v) is 3.17. The van der Waals surface area contributed by atoms with Gasteiger partial charge in [0, 0.05) is 36.5 Å². The standard InChI is InChI=1S/C19H20ClNO3/c1-23-18-4-2-3-14(13-22)19(18)21-11-9-17(10-12-21)24-16-7-5-15(20)6-8-16/h2-8,13,17H,9-12H2,1H3. The molecule has 2 aromatic rings. The van der Waals surface area contributed by atoms with Crippen LogP contribution in [-0.4, -0.2) is 32.6 Å². The Morgan fingerprint density at radius 2 is 1.83 bits per heavy atom. The fourth-order valence-electron chi connectivity index (χ4n) is 3.04. The van der Waals surface area contributed by atoms with Gasteiger partial charge in [-0.2, -0.15) is 0 Å². The minimum Gasteiger partial charge on any atom is -0.495 e. The molecule has 3 rings (SSSR count). The first-order chi connectivity index (χ1) is 11.7. The number of carbonyl (C=O) groups is 1. The Bertz CT molecular complexity index is 694. The first kappa shape index (κ1) is 16.7. The lowest BCUT2D eigenvalue weighted by Gasteiger charge is -2.35. The molecule has 0 amide bonds. The average molecular weight is 346 g/mol. The van der Waals surface area contributed by atoms with Gasteiger partial charge in [0.05, 0.1) is 12.8 Å². The molecule has 1 fully saturated rings. The van der Waals surface area contributed by atoms with E-state index in [0.29, 0.717) is 10.6 Å². The van der Waals surface area contributed by atoms with Crippen molar-refractivity contribution in [1.29, 1.82) is 0 Å². The van der Waals surface area contributed by atoms with Gasteiger partial charge < -0.3 is 14.4 Å². The number of anilines is 1. The molecule has 0 aliphatic carbocycles. The van der Waals surface area contributed by atoms with Crippen molar-refractivity contribution in [3.8, 4) is 11.5 Å². The van der Waals surface area contributed by atoms with Crippen LogP contribution in [0.5, 0.6) is 11.5 Å². The zero-order valence-corrected chi connectivity index (χ0v) is 14.3. The lowest BCUT2D eigenvalue weighted by atomic mass is 10.0. The number of hydrogen-bond donors (Lipinski definition) is 0. The van der Waals surface area contributed by atoms with Crippen molar-refractivity contribution in [2.75, 3.05) is 25.1 Å². The van der Waals surface area contributed by atoms with Crippen LogP contribution in [-0.2, 0) is 0 Å². The largest absolute Gasteiger partial charge is 0.495 e. The van der Waals surface area contributed by atoms with Crippen LogP contribution >= 0.6 is 11.6 Å². The topological polar surface area (TPSA) is 38.8 Å². The van der Waals surface area contributed by atoms with Gasteiger partial charge in [-0.3, -0.25) is 4.79 Å². The molecule has 4 nitrogen and oxygen atoms in total. The highest BCUT2D eigenvalue weighted by Crippen LogP contribution is 2.33. The van der Waals surface area contributed by atoms with Crippen LogP contribution in [0, 0.1) is 0 Å². The highest BCUT2D eigenvalue weighted by molar-refractivity contribution is 6.30. The Labute approximate surface area is 146 Å². The summed E-state index contributed by atoms with van der Waals surface area (Å²) in [5.74, 6) is 1.57. The number of hydrogen-bond acceptors (Lipinski definition) is 4. The number of piperidine rings is 1. The predicted octanol–water partition coefficient (Wildman–Crippen LogP) is 4.21. The molecule has 0 bridgehead atoms. The number of para-hydroxylation sites is 1. The van der Waals surface area contributed by atoms with Crippen LogP contribution in [0.1, 0.15) is 23.2 Å². The van der Waals surface area contributed by atoms with Crippen molar-refractivity contribution < 1.29 is 14.3 Å². The van der Waals surface area contributed by atoms with Crippen LogP contribution < -0.4 is 14.4 Å². The molecule has 1 saturated heterocycles. The second-order valence-electron chi connectivity index (χ2n) is 5.77. The van der Waals surface area contributed by atoms with Crippen molar-refractivity contribution in [3.05, 3.63) is 53.1 Å². The summed E-state index contributed by atoms with van der Waals surface area (Å²) in [7, 11) is 1.63. The zero-order valence-electron chi connectivity index (χ0n) is 13.6. The van der Waals surface area contributed by atoms with Gasteiger partial charge in [-0.25, -0.2) is 0 Å². The maximum atomic E-state index is 11.4. The number of rotatable bonds is 5. The van der Waals surface area contributed by atoms with E-state index >= 15 is 0 Å². The molecule has 5 heteroatoms. The number of ether oxygens (including phenoxy) is 2. The summed E-state index contributed by atoms with van der Waals surface area (Å²) in [6.45, 7) is 1.64. The van der Waals surface area contributed by atoms with E-state index in [4.69, 9.17) is 21.1 Å². The van der Waals surface area contributed by atoms with Crippen molar-refractivity contribution >= 4 is 23.6 Å². The second kappa shape index (κ2) is 7.58. The Hall–Kier alpha value is -2.20. The van der Waals surface area contributed by atoms with Crippen molar-refractivity contribution in [3.63, 3.8) is 0 Å². The summed E-state index contributed by atoms with van der Waals surface area (Å²) >= 11 is 5.90. The molecule has 0 unspecified atom stereocenters. The normalized spacial score (nSPS) is 15.2. The zero-order chi connectivity index (χ0) is 16.9. The molecule has 2 aromatic carbocycles. The van der Waals surface area contributed by atoms with Crippen LogP contribution in [0.3, 0.4) is 0 Å². The maximum absolute atomic E-state index is 11.4. The Balaban J connectivity index is 1.67. The Kier molecular flexibility index (Phi) is 5.26. The summed E-state index contributed by atoms with van der Waals surface area (Å²) in [6.07, 6.45) is 2.82. The van der Waals surface area contributed by atoms with Crippen LogP contribution in [0.4, 0.5) is 5.69 Å². The Morgan fingerprint density at radius 1 is 1.12 bits per heavy atom. The number of benzene rings is 2. The summed E-state index contributed by atoms with van der Waals surface area (Å²) in [5, 5.41) is 0.703. The highest BCUT2D eigenvalue weighted by atomic mass is 35.5. The van der Waals surface area contributed by atoms with Crippen LogP contribution in [0.25, 0.3) is 0 Å². The van der Waals surface area contributed by atoms with Gasteiger partial charge in [-0.1, -0.05) is 17.7 Å². The number of carbonyl (C=O) groups excluding carboxylic acids is 1. The van der Waals surface area contributed by atoms with Crippen LogP contribution in [0.15, 0.2) is 42.5 Å². The fraction of sp³-hybridized carbons (Fsp3) is 0.316. The average Bonchev–Trinajstić information content (AvgIpc) is 2.63. The van der Waals surface area contributed by atoms with E-state index in [1.807, 2.05) is 42.5 Å². The summed E-state index contributed by atoms with van der Waals surface area (Å²) in [5.41, 5.74) is 1.53. The highest BCUT2D eigenvalue weighted by Gasteiger charge is 2.24. The van der Waals surface area contributed by atoms with Gasteiger partial charge in [0.2, 0.25) is 0 Å². The van der Waals surface area contributed by atoms with E-state index in [2.05, 4.69) is 4.90 Å². The van der Waals surface area contributed by atoms with Gasteiger partial charge in [0.1, 0.15) is 17.6 Å². The van der Waals surface area contributed by atoms with Gasteiger partial charge in [0.25, 0.3) is 0 Å². The van der Waals surface area contributed by atoms with E-state index in [1.165, 1.54) is 0 Å². The van der Waals surface area contributed by atoms with E-state index in [0.717, 1.165) is 49.4 Å². The number of nitrogens with zero attached hydrogens (tertiary/aromatic N) is 1. The van der Waals surface area contributed by atoms with Crippen molar-refractivity contribution in [2.45, 2.75) is 18.9 Å². The van der Waals surface area contributed by atoms with Gasteiger partial charge in [-0.05, 0) is 36.4 Å². The van der Waals surface area contributed by atoms with Gasteiger partial charge >= 0.3 is 0 Å². The number of methoxy groups -OCH3 is 1. The lowest BCUT2D eigenvalue weighted by Crippen LogP contribution is -2.38. The molecule has 1 aliphatic rings. The van der Waals surface area contributed by atoms with Gasteiger partial charge in [0.15, 0.2) is 6.29 Å². The lowest BCUT2D eigenvalue weighted by molar-refractivity contribution is 0.112. The van der Waals surface area contributed by atoms with E-state index in [1.54, 1.807) is 7.11 Å². The third kappa shape index (κ3) is 3.65. The van der Waals surface area contributed by atoms with E-state index in [9.17, 15) is 4.79 Å². The first-order valence-corrected chi connectivity index (χ1v) is 8.38. The molecule has 0 spiro atoms. The van der Waals surface area contributed by atoms with Crippen LogP contribution in [0.2, 0.25) is 5.02 Å². The molecule has 0 N–H and O–H groups in total. The molecule has 0 atom stereocenters. The van der Waals surface area contributed by atoms with Crippen molar-refractivity contribution in [1.82, 2.24) is 0 Å². The second-order valence-corrected chi connectivity index (χ2v) is 6.21. The maximum Gasteiger partial charge on any atom is 0.152 e. The molecule has 0 radical (unpaired) electrons. The molecular weight excluding hydrogens is 326 g/mol. The minimum absolute atomic E-state index is 0.164. The van der Waals surface area contributed by atoms with Gasteiger partial charge in [-0.15, -0.1) is 0 Å². The smallest absolute Gasteiger partial charge is 0.152 e. The van der Waals surface area contributed by atoms with E-state index < -0.39 is 0 Å².